The number of rotatable bonds is 5. The number of nitrogens with one attached hydrogen (secondary N) is 2. The number of halogens is 5. The number of hydrogen-bond acceptors (Lipinski definition) is 2. The van der Waals surface area contributed by atoms with Crippen LogP contribution in [0, 0.1) is 11.6 Å². The Balaban J connectivity index is 1.74. The Morgan fingerprint density at radius 1 is 0.806 bits per heavy atom. The molecule has 0 aromatic heterocycles. The van der Waals surface area contributed by atoms with E-state index in [9.17, 15) is 26.7 Å². The third-order valence-corrected chi connectivity index (χ3v) is 4.22. The van der Waals surface area contributed by atoms with Gasteiger partial charge in [0.05, 0.1) is 11.3 Å². The second kappa shape index (κ2) is 9.38. The van der Waals surface area contributed by atoms with Gasteiger partial charge in [-0.25, -0.2) is 19.0 Å². The molecule has 0 radical (unpaired) electrons. The highest BCUT2D eigenvalue weighted by Crippen LogP contribution is 2.29. The van der Waals surface area contributed by atoms with Gasteiger partial charge in [0.15, 0.2) is 0 Å². The molecule has 0 saturated carbocycles. The van der Waals surface area contributed by atoms with Crippen LogP contribution in [0.3, 0.4) is 0 Å². The zero-order chi connectivity index (χ0) is 22.4. The largest absolute Gasteiger partial charge is 0.416 e. The van der Waals surface area contributed by atoms with Crippen LogP contribution >= 0.6 is 0 Å². The van der Waals surface area contributed by atoms with E-state index in [0.717, 1.165) is 24.3 Å². The maximum absolute atomic E-state index is 13.2. The van der Waals surface area contributed by atoms with Crippen LogP contribution in [0.15, 0.2) is 77.9 Å². The summed E-state index contributed by atoms with van der Waals surface area (Å²) in [5, 5.41) is 6.43. The molecule has 0 aliphatic rings. The minimum Gasteiger partial charge on any atom is -0.307 e. The Morgan fingerprint density at radius 2 is 1.35 bits per heavy atom. The average Bonchev–Trinajstić information content (AvgIpc) is 2.73. The van der Waals surface area contributed by atoms with Crippen molar-refractivity contribution in [2.75, 3.05) is 5.32 Å². The van der Waals surface area contributed by atoms with E-state index >= 15 is 0 Å². The maximum atomic E-state index is 13.2. The fraction of sp³-hybridized carbons (Fsp3) is 0.0909. The van der Waals surface area contributed by atoms with Crippen LogP contribution < -0.4 is 10.7 Å². The Morgan fingerprint density at radius 3 is 1.90 bits per heavy atom. The minimum absolute atomic E-state index is 0.141. The molecule has 3 aromatic rings. The van der Waals surface area contributed by atoms with E-state index in [1.807, 2.05) is 0 Å². The van der Waals surface area contributed by atoms with Crippen LogP contribution in [0.4, 0.5) is 32.4 Å². The van der Waals surface area contributed by atoms with E-state index in [-0.39, 0.29) is 12.1 Å². The first kappa shape index (κ1) is 21.9. The number of carbonyl (C=O) groups is 1. The van der Waals surface area contributed by atoms with Crippen molar-refractivity contribution in [3.63, 3.8) is 0 Å². The lowest BCUT2D eigenvalue weighted by atomic mass is 10.0. The lowest BCUT2D eigenvalue weighted by Crippen LogP contribution is -2.26. The number of hydrazone groups is 1. The van der Waals surface area contributed by atoms with Crippen molar-refractivity contribution in [1.29, 1.82) is 0 Å². The molecular weight excluding hydrogens is 417 g/mol. The highest BCUT2D eigenvalue weighted by atomic mass is 19.4. The van der Waals surface area contributed by atoms with Crippen LogP contribution in [-0.4, -0.2) is 11.7 Å². The highest BCUT2D eigenvalue weighted by molar-refractivity contribution is 6.02. The molecule has 0 saturated heterocycles. The Hall–Kier alpha value is -3.75. The van der Waals surface area contributed by atoms with Gasteiger partial charge in [-0.2, -0.15) is 18.3 Å². The topological polar surface area (TPSA) is 53.5 Å². The lowest BCUT2D eigenvalue weighted by Gasteiger charge is -2.10. The van der Waals surface area contributed by atoms with Gasteiger partial charge in [-0.05, 0) is 59.7 Å². The normalized spacial score (nSPS) is 11.8. The van der Waals surface area contributed by atoms with Crippen molar-refractivity contribution in [3.05, 3.63) is 101 Å². The summed E-state index contributed by atoms with van der Waals surface area (Å²) < 4.78 is 64.2. The summed E-state index contributed by atoms with van der Waals surface area (Å²) in [6.07, 6.45) is -4.26. The number of hydrogen-bond donors (Lipinski definition) is 2. The number of urea groups is 1. The molecule has 0 aliphatic heterocycles. The van der Waals surface area contributed by atoms with Gasteiger partial charge in [-0.15, -0.1) is 0 Å². The quantitative estimate of drug-likeness (QED) is 0.300. The van der Waals surface area contributed by atoms with E-state index in [0.29, 0.717) is 16.8 Å². The molecule has 0 heterocycles. The molecule has 0 fully saturated rings. The molecule has 0 atom stereocenters. The van der Waals surface area contributed by atoms with E-state index in [2.05, 4.69) is 15.8 Å². The van der Waals surface area contributed by atoms with Gasteiger partial charge < -0.3 is 5.32 Å². The molecule has 0 unspecified atom stereocenters. The zero-order valence-corrected chi connectivity index (χ0v) is 15.9. The monoisotopic (exact) mass is 433 g/mol. The number of anilines is 1. The molecule has 0 bridgehead atoms. The first-order valence-corrected chi connectivity index (χ1v) is 9.02. The Kier molecular flexibility index (Phi) is 6.64. The summed E-state index contributed by atoms with van der Waals surface area (Å²) in [7, 11) is 0. The predicted octanol–water partition coefficient (Wildman–Crippen LogP) is 5.75. The zero-order valence-electron chi connectivity index (χ0n) is 15.9. The molecule has 2 N–H and O–H groups in total. The smallest absolute Gasteiger partial charge is 0.307 e. The summed E-state index contributed by atoms with van der Waals surface area (Å²) in [5.41, 5.74) is 3.17. The number of amides is 2. The van der Waals surface area contributed by atoms with Gasteiger partial charge in [-0.3, -0.25) is 0 Å². The molecule has 4 nitrogen and oxygen atoms in total. The van der Waals surface area contributed by atoms with Gasteiger partial charge in [0, 0.05) is 12.1 Å². The Bertz CT molecular complexity index is 1060. The van der Waals surface area contributed by atoms with Gasteiger partial charge in [0.2, 0.25) is 0 Å². The summed E-state index contributed by atoms with van der Waals surface area (Å²) in [5.74, 6) is -0.851. The van der Waals surface area contributed by atoms with Crippen LogP contribution in [0.2, 0.25) is 0 Å². The molecule has 160 valence electrons. The fourth-order valence-corrected chi connectivity index (χ4v) is 2.66. The summed E-state index contributed by atoms with van der Waals surface area (Å²) in [6, 6.07) is 14.2. The van der Waals surface area contributed by atoms with Crippen molar-refractivity contribution in [1.82, 2.24) is 5.43 Å². The molecule has 2 amide bonds. The summed E-state index contributed by atoms with van der Waals surface area (Å²) in [4.78, 5) is 12.1. The average molecular weight is 433 g/mol. The molecule has 9 heteroatoms. The van der Waals surface area contributed by atoms with E-state index in [1.54, 1.807) is 12.1 Å². The standard InChI is InChI=1S/C22H16F5N3O/c23-17-7-1-14(2-8-17)13-20(15-3-9-18(24)10-4-15)29-30-21(31)28-19-11-5-16(6-12-19)22(25,26)27/h1-12H,13H2,(H2,28,30,31). The van der Waals surface area contributed by atoms with Crippen molar-refractivity contribution in [2.45, 2.75) is 12.6 Å². The maximum Gasteiger partial charge on any atom is 0.416 e. The van der Waals surface area contributed by atoms with E-state index in [4.69, 9.17) is 0 Å². The second-order valence-corrected chi connectivity index (χ2v) is 6.51. The van der Waals surface area contributed by atoms with E-state index in [1.165, 1.54) is 36.4 Å². The number of benzene rings is 3. The summed E-state index contributed by atoms with van der Waals surface area (Å²) >= 11 is 0. The minimum atomic E-state index is -4.48. The summed E-state index contributed by atoms with van der Waals surface area (Å²) in [6.45, 7) is 0. The van der Waals surface area contributed by atoms with Gasteiger partial charge in [-0.1, -0.05) is 24.3 Å². The van der Waals surface area contributed by atoms with Crippen molar-refractivity contribution >= 4 is 17.4 Å². The molecule has 3 aromatic carbocycles. The lowest BCUT2D eigenvalue weighted by molar-refractivity contribution is -0.137. The van der Waals surface area contributed by atoms with Crippen LogP contribution in [0.1, 0.15) is 16.7 Å². The Labute approximate surface area is 174 Å². The highest BCUT2D eigenvalue weighted by Gasteiger charge is 2.29. The second-order valence-electron chi connectivity index (χ2n) is 6.51. The van der Waals surface area contributed by atoms with E-state index < -0.39 is 29.4 Å². The van der Waals surface area contributed by atoms with Gasteiger partial charge in [0.1, 0.15) is 11.6 Å². The first-order valence-electron chi connectivity index (χ1n) is 9.02. The van der Waals surface area contributed by atoms with Crippen LogP contribution in [0.5, 0.6) is 0 Å². The third-order valence-electron chi connectivity index (χ3n) is 4.22. The number of nitrogens with zero attached hydrogens (tertiary/aromatic N) is 1. The first-order chi connectivity index (χ1) is 14.7. The SMILES string of the molecule is O=C(NN=C(Cc1ccc(F)cc1)c1ccc(F)cc1)Nc1ccc(C(F)(F)F)cc1. The number of alkyl halides is 3. The van der Waals surface area contributed by atoms with Gasteiger partial charge in [0.25, 0.3) is 0 Å². The fourth-order valence-electron chi connectivity index (χ4n) is 2.66. The van der Waals surface area contributed by atoms with Crippen molar-refractivity contribution in [3.8, 4) is 0 Å². The molecule has 0 spiro atoms. The van der Waals surface area contributed by atoms with Gasteiger partial charge >= 0.3 is 12.2 Å². The van der Waals surface area contributed by atoms with Crippen LogP contribution in [0.25, 0.3) is 0 Å². The molecule has 31 heavy (non-hydrogen) atoms. The number of carbonyl (C=O) groups excluding carboxylic acids is 1. The molecule has 3 rings (SSSR count). The van der Waals surface area contributed by atoms with Crippen molar-refractivity contribution in [2.24, 2.45) is 5.10 Å². The third kappa shape index (κ3) is 6.36. The van der Waals surface area contributed by atoms with Crippen LogP contribution in [-0.2, 0) is 12.6 Å². The van der Waals surface area contributed by atoms with Crippen molar-refractivity contribution < 1.29 is 26.7 Å². The molecule has 0 aliphatic carbocycles. The predicted molar refractivity (Wildman–Crippen MR) is 107 cm³/mol. The molecular formula is C22H16F5N3O.